The molecule has 2 heterocycles. The summed E-state index contributed by atoms with van der Waals surface area (Å²) in [6.45, 7) is 0.704. The molecular formula is C21H17N3O4. The van der Waals surface area contributed by atoms with Gasteiger partial charge in [0.15, 0.2) is 11.3 Å². The Labute approximate surface area is 160 Å². The summed E-state index contributed by atoms with van der Waals surface area (Å²) in [4.78, 5) is 19.2. The summed E-state index contributed by atoms with van der Waals surface area (Å²) < 4.78 is 11.5. The predicted molar refractivity (Wildman–Crippen MR) is 104 cm³/mol. The number of benzene rings is 2. The highest BCUT2D eigenvalue weighted by atomic mass is 16.5. The van der Waals surface area contributed by atoms with Crippen LogP contribution < -0.4 is 10.1 Å². The quantitative estimate of drug-likeness (QED) is 0.495. The van der Waals surface area contributed by atoms with Gasteiger partial charge in [-0.15, -0.1) is 0 Å². The van der Waals surface area contributed by atoms with Crippen molar-refractivity contribution in [1.82, 2.24) is 9.97 Å². The molecule has 0 aliphatic heterocycles. The van der Waals surface area contributed by atoms with Crippen molar-refractivity contribution in [3.63, 3.8) is 0 Å². The summed E-state index contributed by atoms with van der Waals surface area (Å²) in [6.07, 6.45) is 2.25. The Morgan fingerprint density at radius 2 is 1.89 bits per heavy atom. The largest absolute Gasteiger partial charge is 0.477 e. The zero-order chi connectivity index (χ0) is 19.3. The number of nitrogens with zero attached hydrogens (tertiary/aromatic N) is 2. The minimum Gasteiger partial charge on any atom is -0.477 e. The van der Waals surface area contributed by atoms with E-state index in [-0.39, 0.29) is 5.69 Å². The van der Waals surface area contributed by atoms with Crippen LogP contribution in [0.4, 0.5) is 6.01 Å². The highest BCUT2D eigenvalue weighted by Crippen LogP contribution is 2.27. The van der Waals surface area contributed by atoms with Gasteiger partial charge in [0.25, 0.3) is 6.01 Å². The van der Waals surface area contributed by atoms with Crippen molar-refractivity contribution in [3.8, 4) is 11.5 Å². The Morgan fingerprint density at radius 3 is 2.71 bits per heavy atom. The lowest BCUT2D eigenvalue weighted by molar-refractivity contribution is 0.0690. The van der Waals surface area contributed by atoms with Crippen LogP contribution in [0.1, 0.15) is 16.1 Å². The molecule has 4 aromatic rings. The molecule has 0 aliphatic carbocycles. The zero-order valence-electron chi connectivity index (χ0n) is 14.8. The van der Waals surface area contributed by atoms with Crippen molar-refractivity contribution < 1.29 is 19.1 Å². The van der Waals surface area contributed by atoms with E-state index in [4.69, 9.17) is 14.3 Å². The molecule has 0 spiro atoms. The summed E-state index contributed by atoms with van der Waals surface area (Å²) in [6, 6.07) is 18.8. The first kappa shape index (κ1) is 17.5. The molecule has 0 aliphatic rings. The summed E-state index contributed by atoms with van der Waals surface area (Å²) in [5.41, 5.74) is 2.44. The molecule has 140 valence electrons. The van der Waals surface area contributed by atoms with Crippen molar-refractivity contribution in [2.75, 3.05) is 11.9 Å². The van der Waals surface area contributed by atoms with Crippen LogP contribution >= 0.6 is 0 Å². The van der Waals surface area contributed by atoms with Gasteiger partial charge >= 0.3 is 5.97 Å². The number of hydrogen-bond acceptors (Lipinski definition) is 6. The van der Waals surface area contributed by atoms with Crippen molar-refractivity contribution in [1.29, 1.82) is 0 Å². The molecule has 4 rings (SSSR count). The molecule has 0 unspecified atom stereocenters. The number of hydrogen-bond donors (Lipinski definition) is 2. The fourth-order valence-corrected chi connectivity index (χ4v) is 2.73. The molecule has 2 aromatic heterocycles. The molecule has 7 nitrogen and oxygen atoms in total. The van der Waals surface area contributed by atoms with Crippen molar-refractivity contribution in [2.45, 2.75) is 6.42 Å². The van der Waals surface area contributed by atoms with E-state index in [0.717, 1.165) is 6.42 Å². The van der Waals surface area contributed by atoms with E-state index in [1.807, 2.05) is 18.2 Å². The van der Waals surface area contributed by atoms with E-state index in [2.05, 4.69) is 27.4 Å². The first-order valence-electron chi connectivity index (χ1n) is 8.73. The Bertz CT molecular complexity index is 1110. The van der Waals surface area contributed by atoms with Crippen LogP contribution in [0.5, 0.6) is 11.5 Å². The summed E-state index contributed by atoms with van der Waals surface area (Å²) in [5, 5.41) is 12.2. The minimum absolute atomic E-state index is 0.0804. The van der Waals surface area contributed by atoms with Crippen LogP contribution in [-0.4, -0.2) is 27.6 Å². The lowest BCUT2D eigenvalue weighted by atomic mass is 10.1. The molecule has 0 fully saturated rings. The lowest BCUT2D eigenvalue weighted by Crippen LogP contribution is -2.04. The van der Waals surface area contributed by atoms with Gasteiger partial charge in [0.2, 0.25) is 0 Å². The Hall–Kier alpha value is -3.87. The number of carboxylic acid groups (broad SMARTS) is 1. The van der Waals surface area contributed by atoms with Crippen LogP contribution in [0.15, 0.2) is 71.3 Å². The standard InChI is InChI=1S/C21H17N3O4/c25-20(26)18-12-16(9-11-22-18)27-15-6-7-17-19(13-15)28-21(24-17)23-10-8-14-4-2-1-3-5-14/h1-7,9,11-13H,8,10H2,(H,23,24)(H,25,26). The van der Waals surface area contributed by atoms with Crippen molar-refractivity contribution in [2.24, 2.45) is 0 Å². The second-order valence-corrected chi connectivity index (χ2v) is 6.09. The van der Waals surface area contributed by atoms with Gasteiger partial charge in [-0.05, 0) is 30.2 Å². The molecule has 2 N–H and O–H groups in total. The number of anilines is 1. The number of carboxylic acids is 1. The van der Waals surface area contributed by atoms with Crippen LogP contribution in [0.2, 0.25) is 0 Å². The number of aromatic nitrogens is 2. The van der Waals surface area contributed by atoms with Gasteiger partial charge in [-0.3, -0.25) is 0 Å². The minimum atomic E-state index is -1.11. The lowest BCUT2D eigenvalue weighted by Gasteiger charge is -2.05. The van der Waals surface area contributed by atoms with Crippen molar-refractivity contribution in [3.05, 3.63) is 78.1 Å². The van der Waals surface area contributed by atoms with E-state index in [9.17, 15) is 4.79 Å². The monoisotopic (exact) mass is 375 g/mol. The van der Waals surface area contributed by atoms with Gasteiger partial charge < -0.3 is 19.6 Å². The number of fused-ring (bicyclic) bond motifs is 1. The third kappa shape index (κ3) is 4.09. The van der Waals surface area contributed by atoms with Gasteiger partial charge in [0, 0.05) is 24.9 Å². The highest BCUT2D eigenvalue weighted by Gasteiger charge is 2.09. The van der Waals surface area contributed by atoms with E-state index in [0.29, 0.717) is 35.2 Å². The second kappa shape index (κ2) is 7.79. The molecule has 0 saturated heterocycles. The summed E-state index contributed by atoms with van der Waals surface area (Å²) in [7, 11) is 0. The first-order valence-corrected chi connectivity index (χ1v) is 8.73. The second-order valence-electron chi connectivity index (χ2n) is 6.09. The fourth-order valence-electron chi connectivity index (χ4n) is 2.73. The number of oxazole rings is 1. The van der Waals surface area contributed by atoms with Gasteiger partial charge in [-0.2, -0.15) is 4.98 Å². The smallest absolute Gasteiger partial charge is 0.354 e. The van der Waals surface area contributed by atoms with Crippen LogP contribution in [-0.2, 0) is 6.42 Å². The summed E-state index contributed by atoms with van der Waals surface area (Å²) >= 11 is 0. The van der Waals surface area contributed by atoms with E-state index in [1.54, 1.807) is 24.3 Å². The average molecular weight is 375 g/mol. The van der Waals surface area contributed by atoms with E-state index in [1.165, 1.54) is 17.8 Å². The first-order chi connectivity index (χ1) is 13.7. The number of carbonyl (C=O) groups is 1. The molecule has 0 saturated carbocycles. The van der Waals surface area contributed by atoms with Crippen LogP contribution in [0.25, 0.3) is 11.1 Å². The van der Waals surface area contributed by atoms with E-state index < -0.39 is 5.97 Å². The molecule has 7 heteroatoms. The zero-order valence-corrected chi connectivity index (χ0v) is 14.8. The number of pyridine rings is 1. The third-order valence-electron chi connectivity index (χ3n) is 4.08. The third-order valence-corrected chi connectivity index (χ3v) is 4.08. The SMILES string of the molecule is O=C(O)c1cc(Oc2ccc3nc(NCCc4ccccc4)oc3c2)ccn1. The van der Waals surface area contributed by atoms with Crippen molar-refractivity contribution >= 4 is 23.1 Å². The maximum atomic E-state index is 11.0. The Kier molecular flexibility index (Phi) is 4.88. The van der Waals surface area contributed by atoms with Gasteiger partial charge in [0.05, 0.1) is 0 Å². The summed E-state index contributed by atoms with van der Waals surface area (Å²) in [5.74, 6) is -0.211. The fraction of sp³-hybridized carbons (Fsp3) is 0.0952. The predicted octanol–water partition coefficient (Wildman–Crippen LogP) is 4.37. The molecule has 28 heavy (non-hydrogen) atoms. The Morgan fingerprint density at radius 1 is 1.07 bits per heavy atom. The molecule has 0 atom stereocenters. The Balaban J connectivity index is 1.44. The normalized spacial score (nSPS) is 10.7. The van der Waals surface area contributed by atoms with Crippen LogP contribution in [0, 0.1) is 0 Å². The molecule has 0 bridgehead atoms. The molecule has 0 amide bonds. The van der Waals surface area contributed by atoms with Gasteiger partial charge in [-0.25, -0.2) is 9.78 Å². The highest BCUT2D eigenvalue weighted by molar-refractivity contribution is 5.85. The molecule has 2 aromatic carbocycles. The number of ether oxygens (including phenoxy) is 1. The molecule has 0 radical (unpaired) electrons. The number of nitrogens with one attached hydrogen (secondary N) is 1. The van der Waals surface area contributed by atoms with Crippen LogP contribution in [0.3, 0.4) is 0 Å². The van der Waals surface area contributed by atoms with E-state index >= 15 is 0 Å². The maximum absolute atomic E-state index is 11.0. The maximum Gasteiger partial charge on any atom is 0.354 e. The number of aromatic carboxylic acids is 1. The number of rotatable bonds is 7. The topological polar surface area (TPSA) is 97.5 Å². The van der Waals surface area contributed by atoms with Gasteiger partial charge in [0.1, 0.15) is 17.0 Å². The van der Waals surface area contributed by atoms with Gasteiger partial charge in [-0.1, -0.05) is 30.3 Å². The molecular weight excluding hydrogens is 358 g/mol. The average Bonchev–Trinajstić information content (AvgIpc) is 3.11.